The molecule has 0 saturated heterocycles. The summed E-state index contributed by atoms with van der Waals surface area (Å²) in [6.45, 7) is 0.450. The number of benzene rings is 1. The van der Waals surface area contributed by atoms with Crippen LogP contribution in [-0.2, 0) is 4.74 Å². The molecule has 0 aliphatic rings. The summed E-state index contributed by atoms with van der Waals surface area (Å²) in [7, 11) is 1.44. The first-order valence-electron chi connectivity index (χ1n) is 5.21. The minimum atomic E-state index is -1.48. The molecule has 1 aromatic rings. The summed E-state index contributed by atoms with van der Waals surface area (Å²) in [6, 6.07) is 0.363. The standard InChI is InChI=1S/C11H12F2N2O4/c1-19-3-2-14-11(18)15-9-5-8(13)7(12)4-6(9)10(16)17/h4-5H,2-3H2,1H3,(H,16,17)(H2,14,15,18). The molecule has 0 heterocycles. The van der Waals surface area contributed by atoms with Gasteiger partial charge in [-0.15, -0.1) is 0 Å². The van der Waals surface area contributed by atoms with Crippen molar-refractivity contribution in [2.75, 3.05) is 25.6 Å². The predicted molar refractivity (Wildman–Crippen MR) is 62.2 cm³/mol. The lowest BCUT2D eigenvalue weighted by Gasteiger charge is -2.10. The van der Waals surface area contributed by atoms with Crippen LogP contribution >= 0.6 is 0 Å². The molecule has 0 atom stereocenters. The van der Waals surface area contributed by atoms with Gasteiger partial charge in [0.1, 0.15) is 0 Å². The summed E-state index contributed by atoms with van der Waals surface area (Å²) in [4.78, 5) is 22.2. The zero-order valence-corrected chi connectivity index (χ0v) is 10.00. The van der Waals surface area contributed by atoms with E-state index in [0.29, 0.717) is 12.1 Å². The molecule has 6 nitrogen and oxygen atoms in total. The molecule has 0 unspecified atom stereocenters. The van der Waals surface area contributed by atoms with Gasteiger partial charge in [-0.3, -0.25) is 0 Å². The van der Waals surface area contributed by atoms with Gasteiger partial charge in [-0.25, -0.2) is 18.4 Å². The molecule has 0 aliphatic heterocycles. The molecule has 0 aromatic heterocycles. The maximum Gasteiger partial charge on any atom is 0.337 e. The van der Waals surface area contributed by atoms with Crippen molar-refractivity contribution in [3.8, 4) is 0 Å². The second-order valence-electron chi connectivity index (χ2n) is 3.49. The minimum Gasteiger partial charge on any atom is -0.478 e. The molecule has 0 aliphatic carbocycles. The van der Waals surface area contributed by atoms with Gasteiger partial charge in [0, 0.05) is 19.7 Å². The first kappa shape index (κ1) is 14.8. The van der Waals surface area contributed by atoms with E-state index < -0.39 is 29.2 Å². The molecule has 0 radical (unpaired) electrons. The van der Waals surface area contributed by atoms with Gasteiger partial charge in [0.15, 0.2) is 11.6 Å². The third-order valence-corrected chi connectivity index (χ3v) is 2.13. The Bertz CT molecular complexity index is 494. The predicted octanol–water partition coefficient (Wildman–Crippen LogP) is 1.43. The highest BCUT2D eigenvalue weighted by Crippen LogP contribution is 2.20. The Hall–Kier alpha value is -2.22. The number of aromatic carboxylic acids is 1. The van der Waals surface area contributed by atoms with Crippen molar-refractivity contribution in [1.82, 2.24) is 5.32 Å². The van der Waals surface area contributed by atoms with E-state index in [4.69, 9.17) is 9.84 Å². The number of carbonyl (C=O) groups is 2. The van der Waals surface area contributed by atoms with Crippen LogP contribution in [0.5, 0.6) is 0 Å². The van der Waals surface area contributed by atoms with Gasteiger partial charge >= 0.3 is 12.0 Å². The summed E-state index contributed by atoms with van der Waals surface area (Å²) < 4.78 is 30.6. The van der Waals surface area contributed by atoms with Crippen molar-refractivity contribution in [2.24, 2.45) is 0 Å². The topological polar surface area (TPSA) is 87.7 Å². The fraction of sp³-hybridized carbons (Fsp3) is 0.273. The zero-order chi connectivity index (χ0) is 14.4. The number of halogens is 2. The van der Waals surface area contributed by atoms with E-state index in [9.17, 15) is 18.4 Å². The summed E-state index contributed by atoms with van der Waals surface area (Å²) in [5.74, 6) is -4.04. The third kappa shape index (κ3) is 4.18. The third-order valence-electron chi connectivity index (χ3n) is 2.13. The quantitative estimate of drug-likeness (QED) is 0.709. The molecule has 104 valence electrons. The summed E-state index contributed by atoms with van der Waals surface area (Å²) in [6.07, 6.45) is 0. The van der Waals surface area contributed by atoms with Crippen molar-refractivity contribution in [2.45, 2.75) is 0 Å². The Labute approximate surface area is 107 Å². The summed E-state index contributed by atoms with van der Waals surface area (Å²) >= 11 is 0. The maximum atomic E-state index is 13.0. The molecule has 0 saturated carbocycles. The number of amides is 2. The van der Waals surface area contributed by atoms with E-state index in [1.165, 1.54) is 7.11 Å². The van der Waals surface area contributed by atoms with Gasteiger partial charge in [0.05, 0.1) is 17.9 Å². The number of methoxy groups -OCH3 is 1. The van der Waals surface area contributed by atoms with Crippen molar-refractivity contribution in [1.29, 1.82) is 0 Å². The van der Waals surface area contributed by atoms with Gasteiger partial charge in [0.2, 0.25) is 0 Å². The van der Waals surface area contributed by atoms with Crippen LogP contribution in [0.3, 0.4) is 0 Å². The Balaban J connectivity index is 2.84. The van der Waals surface area contributed by atoms with Crippen LogP contribution in [-0.4, -0.2) is 37.4 Å². The second kappa shape index (κ2) is 6.64. The fourth-order valence-corrected chi connectivity index (χ4v) is 1.26. The highest BCUT2D eigenvalue weighted by Gasteiger charge is 2.16. The van der Waals surface area contributed by atoms with Crippen LogP contribution in [0.4, 0.5) is 19.3 Å². The van der Waals surface area contributed by atoms with Crippen LogP contribution in [0.2, 0.25) is 0 Å². The number of carboxylic acids is 1. The number of urea groups is 1. The Morgan fingerprint density at radius 1 is 1.32 bits per heavy atom. The number of nitrogens with one attached hydrogen (secondary N) is 2. The molecule has 3 N–H and O–H groups in total. The van der Waals surface area contributed by atoms with Gasteiger partial charge in [-0.1, -0.05) is 0 Å². The van der Waals surface area contributed by atoms with E-state index >= 15 is 0 Å². The molecule has 0 spiro atoms. The molecular formula is C11H12F2N2O4. The average molecular weight is 274 g/mol. The van der Waals surface area contributed by atoms with E-state index in [0.717, 1.165) is 0 Å². The van der Waals surface area contributed by atoms with Crippen LogP contribution in [0.1, 0.15) is 10.4 Å². The SMILES string of the molecule is COCCNC(=O)Nc1cc(F)c(F)cc1C(=O)O. The Morgan fingerprint density at radius 2 is 1.95 bits per heavy atom. The van der Waals surface area contributed by atoms with Crippen LogP contribution < -0.4 is 10.6 Å². The Morgan fingerprint density at radius 3 is 2.53 bits per heavy atom. The van der Waals surface area contributed by atoms with E-state index in [1.54, 1.807) is 0 Å². The van der Waals surface area contributed by atoms with Crippen molar-refractivity contribution < 1.29 is 28.2 Å². The number of rotatable bonds is 5. The first-order valence-corrected chi connectivity index (χ1v) is 5.21. The number of hydrogen-bond acceptors (Lipinski definition) is 3. The lowest BCUT2D eigenvalue weighted by molar-refractivity contribution is 0.0697. The second-order valence-corrected chi connectivity index (χ2v) is 3.49. The molecule has 8 heteroatoms. The van der Waals surface area contributed by atoms with Crippen molar-refractivity contribution in [3.63, 3.8) is 0 Å². The van der Waals surface area contributed by atoms with Gasteiger partial charge in [0.25, 0.3) is 0 Å². The molecule has 2 amide bonds. The fourth-order valence-electron chi connectivity index (χ4n) is 1.26. The molecule has 1 rings (SSSR count). The van der Waals surface area contributed by atoms with Crippen molar-refractivity contribution in [3.05, 3.63) is 29.3 Å². The smallest absolute Gasteiger partial charge is 0.337 e. The molecule has 0 bridgehead atoms. The lowest BCUT2D eigenvalue weighted by atomic mass is 10.1. The molecular weight excluding hydrogens is 262 g/mol. The highest BCUT2D eigenvalue weighted by atomic mass is 19.2. The van der Waals surface area contributed by atoms with Gasteiger partial charge < -0.3 is 20.5 Å². The normalized spacial score (nSPS) is 10.1. The molecule has 0 fully saturated rings. The van der Waals surface area contributed by atoms with E-state index in [-0.39, 0.29) is 18.8 Å². The highest BCUT2D eigenvalue weighted by molar-refractivity contribution is 6.00. The minimum absolute atomic E-state index is 0.189. The number of carboxylic acid groups (broad SMARTS) is 1. The number of anilines is 1. The van der Waals surface area contributed by atoms with Crippen LogP contribution in [0, 0.1) is 11.6 Å². The zero-order valence-electron chi connectivity index (χ0n) is 10.00. The molecule has 19 heavy (non-hydrogen) atoms. The number of carbonyl (C=O) groups excluding carboxylic acids is 1. The van der Waals surface area contributed by atoms with E-state index in [1.807, 2.05) is 0 Å². The van der Waals surface area contributed by atoms with Crippen LogP contribution in [0.25, 0.3) is 0 Å². The van der Waals surface area contributed by atoms with Gasteiger partial charge in [-0.05, 0) is 6.07 Å². The number of hydrogen-bond donors (Lipinski definition) is 3. The van der Waals surface area contributed by atoms with Gasteiger partial charge in [-0.2, -0.15) is 0 Å². The largest absolute Gasteiger partial charge is 0.478 e. The maximum absolute atomic E-state index is 13.0. The number of ether oxygens (including phenoxy) is 1. The average Bonchev–Trinajstić information content (AvgIpc) is 2.33. The first-order chi connectivity index (χ1) is 8.95. The van der Waals surface area contributed by atoms with Crippen molar-refractivity contribution >= 4 is 17.7 Å². The summed E-state index contributed by atoms with van der Waals surface area (Å²) in [5.41, 5.74) is -0.873. The lowest BCUT2D eigenvalue weighted by Crippen LogP contribution is -2.32. The van der Waals surface area contributed by atoms with E-state index in [2.05, 4.69) is 10.6 Å². The monoisotopic (exact) mass is 274 g/mol. The van der Waals surface area contributed by atoms with Crippen LogP contribution in [0.15, 0.2) is 12.1 Å². The molecule has 1 aromatic carbocycles. The summed E-state index contributed by atoms with van der Waals surface area (Å²) in [5, 5.41) is 13.3. The Kier molecular flexibility index (Phi) is 5.19.